The molecule has 0 amide bonds. The molecular weight excluding hydrogens is 428 g/mol. The molecule has 0 radical (unpaired) electrons. The van der Waals surface area contributed by atoms with E-state index in [1.54, 1.807) is 0 Å². The van der Waals surface area contributed by atoms with E-state index in [0.29, 0.717) is 13.0 Å². The van der Waals surface area contributed by atoms with Gasteiger partial charge in [-0.25, -0.2) is 0 Å². The summed E-state index contributed by atoms with van der Waals surface area (Å²) < 4.78 is 5.42. The molecule has 0 spiro atoms. The first-order chi connectivity index (χ1) is 17.2. The predicted molar refractivity (Wildman–Crippen MR) is 156 cm³/mol. The quantitative estimate of drug-likeness (QED) is 0.0763. The average Bonchev–Trinajstić information content (AvgIpc) is 2.84. The van der Waals surface area contributed by atoms with Gasteiger partial charge in [-0.3, -0.25) is 4.79 Å². The van der Waals surface area contributed by atoms with Gasteiger partial charge in [0.25, 0.3) is 0 Å². The summed E-state index contributed by atoms with van der Waals surface area (Å²) in [5.74, 6) is 0.881. The third-order valence-electron chi connectivity index (χ3n) is 7.42. The zero-order chi connectivity index (χ0) is 25.7. The zero-order valence-corrected chi connectivity index (χ0v) is 24.7. The van der Waals surface area contributed by atoms with Gasteiger partial charge in [-0.2, -0.15) is 0 Å². The molecule has 0 aromatic rings. The minimum Gasteiger partial charge on any atom is -0.466 e. The van der Waals surface area contributed by atoms with E-state index in [2.05, 4.69) is 20.8 Å². The molecule has 0 aliphatic rings. The van der Waals surface area contributed by atoms with E-state index < -0.39 is 0 Å². The topological polar surface area (TPSA) is 26.3 Å². The van der Waals surface area contributed by atoms with Crippen LogP contribution in [0.25, 0.3) is 0 Å². The minimum atomic E-state index is 0.0242. The summed E-state index contributed by atoms with van der Waals surface area (Å²) in [7, 11) is 0. The second kappa shape index (κ2) is 29.7. The number of carbonyl (C=O) groups excluding carboxylic acids is 1. The Bertz CT molecular complexity index is 404. The summed E-state index contributed by atoms with van der Waals surface area (Å²) >= 11 is 0. The Morgan fingerprint density at radius 3 is 1.23 bits per heavy atom. The fraction of sp³-hybridized carbons (Fsp3) is 0.970. The number of ether oxygens (including phenoxy) is 1. The predicted octanol–water partition coefficient (Wildman–Crippen LogP) is 11.7. The molecule has 0 aliphatic carbocycles. The van der Waals surface area contributed by atoms with E-state index in [1.807, 2.05) is 0 Å². The van der Waals surface area contributed by atoms with Crippen LogP contribution >= 0.6 is 0 Å². The van der Waals surface area contributed by atoms with E-state index in [-0.39, 0.29) is 5.97 Å². The lowest BCUT2D eigenvalue weighted by Crippen LogP contribution is -2.05. The molecular formula is C33H66O2. The summed E-state index contributed by atoms with van der Waals surface area (Å²) in [6.45, 7) is 7.56. The van der Waals surface area contributed by atoms with Crippen molar-refractivity contribution in [3.05, 3.63) is 0 Å². The van der Waals surface area contributed by atoms with Crippen LogP contribution < -0.4 is 0 Å². The lowest BCUT2D eigenvalue weighted by atomic mass is 10.0. The monoisotopic (exact) mass is 495 g/mol. The first-order valence-corrected chi connectivity index (χ1v) is 16.3. The van der Waals surface area contributed by atoms with Crippen molar-refractivity contribution in [3.63, 3.8) is 0 Å². The molecule has 35 heavy (non-hydrogen) atoms. The molecule has 0 heterocycles. The van der Waals surface area contributed by atoms with Gasteiger partial charge in [-0.1, -0.05) is 175 Å². The van der Waals surface area contributed by atoms with Crippen LogP contribution in [-0.2, 0) is 9.53 Å². The van der Waals surface area contributed by atoms with Gasteiger partial charge in [-0.05, 0) is 18.8 Å². The number of esters is 1. The maximum atomic E-state index is 11.9. The first-order valence-electron chi connectivity index (χ1n) is 16.3. The largest absolute Gasteiger partial charge is 0.466 e. The third kappa shape index (κ3) is 31.4. The van der Waals surface area contributed by atoms with Crippen molar-refractivity contribution in [3.8, 4) is 0 Å². The first kappa shape index (κ1) is 34.5. The molecule has 0 aromatic carbocycles. The maximum Gasteiger partial charge on any atom is 0.305 e. The molecule has 0 bridgehead atoms. The molecule has 0 aromatic heterocycles. The smallest absolute Gasteiger partial charge is 0.305 e. The Morgan fingerprint density at radius 1 is 0.486 bits per heavy atom. The second-order valence-corrected chi connectivity index (χ2v) is 11.6. The molecule has 0 aliphatic heterocycles. The highest BCUT2D eigenvalue weighted by molar-refractivity contribution is 5.69. The number of hydrogen-bond donors (Lipinski definition) is 0. The lowest BCUT2D eigenvalue weighted by molar-refractivity contribution is -0.143. The molecule has 0 unspecified atom stereocenters. The van der Waals surface area contributed by atoms with Crippen LogP contribution in [0.1, 0.15) is 194 Å². The maximum absolute atomic E-state index is 11.9. The second-order valence-electron chi connectivity index (χ2n) is 11.6. The van der Waals surface area contributed by atoms with E-state index in [4.69, 9.17) is 4.74 Å². The van der Waals surface area contributed by atoms with Crippen LogP contribution in [0, 0.1) is 5.92 Å². The van der Waals surface area contributed by atoms with Crippen molar-refractivity contribution in [1.29, 1.82) is 0 Å². The van der Waals surface area contributed by atoms with Crippen molar-refractivity contribution in [2.45, 2.75) is 194 Å². The van der Waals surface area contributed by atoms with Crippen LogP contribution in [0.2, 0.25) is 0 Å². The van der Waals surface area contributed by atoms with Crippen molar-refractivity contribution >= 4 is 5.97 Å². The van der Waals surface area contributed by atoms with E-state index in [9.17, 15) is 4.79 Å². The Kier molecular flexibility index (Phi) is 29.2. The molecule has 0 atom stereocenters. The van der Waals surface area contributed by atoms with Crippen LogP contribution in [0.3, 0.4) is 0 Å². The SMILES string of the molecule is CCCCCCCCCCCCCCCCCCOC(=O)CCCCCCCCCCCC(C)C. The molecule has 0 saturated heterocycles. The Hall–Kier alpha value is -0.530. The molecule has 2 nitrogen and oxygen atoms in total. The summed E-state index contributed by atoms with van der Waals surface area (Å²) in [5.41, 5.74) is 0. The normalized spacial score (nSPS) is 11.4. The number of hydrogen-bond acceptors (Lipinski definition) is 2. The molecule has 0 saturated carbocycles. The van der Waals surface area contributed by atoms with Gasteiger partial charge in [0.15, 0.2) is 0 Å². The fourth-order valence-electron chi connectivity index (χ4n) is 4.97. The summed E-state index contributed by atoms with van der Waals surface area (Å²) in [4.78, 5) is 11.9. The minimum absolute atomic E-state index is 0.0242. The fourth-order valence-corrected chi connectivity index (χ4v) is 4.97. The van der Waals surface area contributed by atoms with Crippen LogP contribution in [0.5, 0.6) is 0 Å². The van der Waals surface area contributed by atoms with Crippen molar-refractivity contribution in [1.82, 2.24) is 0 Å². The molecule has 0 rings (SSSR count). The van der Waals surface area contributed by atoms with Gasteiger partial charge in [0.1, 0.15) is 0 Å². The lowest BCUT2D eigenvalue weighted by Gasteiger charge is -2.06. The van der Waals surface area contributed by atoms with Gasteiger partial charge in [-0.15, -0.1) is 0 Å². The van der Waals surface area contributed by atoms with Gasteiger partial charge in [0, 0.05) is 6.42 Å². The third-order valence-corrected chi connectivity index (χ3v) is 7.42. The van der Waals surface area contributed by atoms with Gasteiger partial charge in [0.2, 0.25) is 0 Å². The molecule has 210 valence electrons. The van der Waals surface area contributed by atoms with Crippen molar-refractivity contribution < 1.29 is 9.53 Å². The highest BCUT2D eigenvalue weighted by atomic mass is 16.5. The highest BCUT2D eigenvalue weighted by Crippen LogP contribution is 2.15. The summed E-state index contributed by atoms with van der Waals surface area (Å²) in [6, 6.07) is 0. The molecule has 0 N–H and O–H groups in total. The average molecular weight is 495 g/mol. The standard InChI is InChI=1S/C33H66O2/c1-4-5-6-7-8-9-10-11-12-13-14-15-19-22-25-28-31-35-33(34)30-27-24-21-18-16-17-20-23-26-29-32(2)3/h32H,4-31H2,1-3H3. The van der Waals surface area contributed by atoms with Crippen LogP contribution in [-0.4, -0.2) is 12.6 Å². The van der Waals surface area contributed by atoms with E-state index in [0.717, 1.165) is 18.8 Å². The van der Waals surface area contributed by atoms with Crippen LogP contribution in [0.15, 0.2) is 0 Å². The Morgan fingerprint density at radius 2 is 0.829 bits per heavy atom. The highest BCUT2D eigenvalue weighted by Gasteiger charge is 2.03. The molecule has 2 heteroatoms. The number of carbonyl (C=O) groups is 1. The van der Waals surface area contributed by atoms with Gasteiger partial charge < -0.3 is 4.74 Å². The summed E-state index contributed by atoms with van der Waals surface area (Å²) in [5, 5.41) is 0. The van der Waals surface area contributed by atoms with E-state index >= 15 is 0 Å². The zero-order valence-electron chi connectivity index (χ0n) is 24.7. The van der Waals surface area contributed by atoms with Gasteiger partial charge in [0.05, 0.1) is 6.61 Å². The van der Waals surface area contributed by atoms with Gasteiger partial charge >= 0.3 is 5.97 Å². The van der Waals surface area contributed by atoms with Crippen LogP contribution in [0.4, 0.5) is 0 Å². The summed E-state index contributed by atoms with van der Waals surface area (Å²) in [6.07, 6.45) is 35.8. The van der Waals surface area contributed by atoms with Crippen molar-refractivity contribution in [2.75, 3.05) is 6.61 Å². The van der Waals surface area contributed by atoms with Crippen molar-refractivity contribution in [2.24, 2.45) is 5.92 Å². The Balaban J connectivity index is 3.14. The van der Waals surface area contributed by atoms with E-state index in [1.165, 1.54) is 154 Å². The Labute approximate surface area is 222 Å². The number of rotatable bonds is 29. The molecule has 0 fully saturated rings. The number of unbranched alkanes of at least 4 members (excludes halogenated alkanes) is 23.